The Morgan fingerprint density at radius 1 is 1.08 bits per heavy atom. The molecule has 210 valence electrons. The topological polar surface area (TPSA) is 109 Å². The Morgan fingerprint density at radius 2 is 1.85 bits per heavy atom. The van der Waals surface area contributed by atoms with Gasteiger partial charge in [-0.15, -0.1) is 0 Å². The minimum atomic E-state index is -0.703. The molecule has 0 aliphatic heterocycles. The van der Waals surface area contributed by atoms with Crippen LogP contribution in [0.1, 0.15) is 60.8 Å². The number of aryl methyl sites for hydroxylation is 1. The normalized spacial score (nSPS) is 11.5. The van der Waals surface area contributed by atoms with Gasteiger partial charge in [-0.2, -0.15) is 0 Å². The van der Waals surface area contributed by atoms with Crippen molar-refractivity contribution in [1.29, 1.82) is 0 Å². The number of hydrogen-bond donors (Lipinski definition) is 1. The molecule has 9 nitrogen and oxygen atoms in total. The third-order valence-electron chi connectivity index (χ3n) is 5.85. The number of fused-ring (bicyclic) bond motifs is 1. The first-order valence-corrected chi connectivity index (χ1v) is 13.4. The molecule has 0 spiro atoms. The van der Waals surface area contributed by atoms with Crippen molar-refractivity contribution in [3.63, 3.8) is 0 Å². The Morgan fingerprint density at radius 3 is 2.54 bits per heavy atom. The van der Waals surface area contributed by atoms with E-state index in [-0.39, 0.29) is 29.9 Å². The number of esters is 1. The zero-order valence-corrected chi connectivity index (χ0v) is 23.7. The molecular weight excluding hydrogens is 498 g/mol. The fourth-order valence-corrected chi connectivity index (χ4v) is 3.94. The predicted octanol–water partition coefficient (Wildman–Crippen LogP) is 6.18. The van der Waals surface area contributed by atoms with Crippen LogP contribution in [0.5, 0.6) is 5.75 Å². The van der Waals surface area contributed by atoms with Crippen LogP contribution in [0.15, 0.2) is 47.4 Å². The summed E-state index contributed by atoms with van der Waals surface area (Å²) in [4.78, 5) is 42.8. The fraction of sp³-hybridized carbons (Fsp3) is 0.467. The lowest BCUT2D eigenvalue weighted by molar-refractivity contribution is -0.153. The number of nitrogens with one attached hydrogen (secondary N) is 1. The molecule has 0 atom stereocenters. The number of carbonyl (C=O) groups is 2. The van der Waals surface area contributed by atoms with Crippen molar-refractivity contribution < 1.29 is 23.8 Å². The van der Waals surface area contributed by atoms with Crippen molar-refractivity contribution in [1.82, 2.24) is 9.55 Å². The highest BCUT2D eigenvalue weighted by atomic mass is 16.6. The molecule has 0 bridgehead atoms. The van der Waals surface area contributed by atoms with E-state index < -0.39 is 11.5 Å². The minimum Gasteiger partial charge on any atom is -0.493 e. The fourth-order valence-electron chi connectivity index (χ4n) is 3.94. The lowest BCUT2D eigenvalue weighted by Crippen LogP contribution is -2.29. The summed E-state index contributed by atoms with van der Waals surface area (Å²) in [6, 6.07) is 11.0. The molecule has 2 heterocycles. The molecule has 0 radical (unpaired) electrons. The van der Waals surface area contributed by atoms with Gasteiger partial charge in [-0.1, -0.05) is 25.5 Å². The van der Waals surface area contributed by atoms with Gasteiger partial charge in [0.2, 0.25) is 0 Å². The van der Waals surface area contributed by atoms with Gasteiger partial charge in [-0.05, 0) is 70.9 Å². The summed E-state index contributed by atoms with van der Waals surface area (Å²) in [6.45, 7) is 12.0. The number of benzene rings is 1. The first-order valence-electron chi connectivity index (χ1n) is 13.4. The first kappa shape index (κ1) is 29.7. The lowest BCUT2D eigenvalue weighted by Gasteiger charge is -2.19. The number of nitrogens with zero attached hydrogens (tertiary/aromatic N) is 2. The number of amides is 1. The van der Waals surface area contributed by atoms with Gasteiger partial charge < -0.3 is 14.2 Å². The van der Waals surface area contributed by atoms with Crippen LogP contribution in [-0.2, 0) is 20.8 Å². The number of carbonyl (C=O) groups excluding carboxylic acids is 2. The van der Waals surface area contributed by atoms with E-state index in [2.05, 4.69) is 10.3 Å². The Labute approximate surface area is 229 Å². The van der Waals surface area contributed by atoms with Gasteiger partial charge in [0.15, 0.2) is 0 Å². The van der Waals surface area contributed by atoms with E-state index in [0.717, 1.165) is 18.2 Å². The summed E-state index contributed by atoms with van der Waals surface area (Å²) in [6.07, 6.45) is 2.81. The number of unbranched alkanes of at least 4 members (excludes halogenated alkanes) is 1. The van der Waals surface area contributed by atoms with Gasteiger partial charge in [0.1, 0.15) is 17.1 Å². The Kier molecular flexibility index (Phi) is 10.1. The van der Waals surface area contributed by atoms with E-state index in [1.165, 1.54) is 0 Å². The van der Waals surface area contributed by atoms with E-state index in [4.69, 9.17) is 14.2 Å². The number of anilines is 1. The van der Waals surface area contributed by atoms with Gasteiger partial charge in [-0.3, -0.25) is 19.5 Å². The van der Waals surface area contributed by atoms with Gasteiger partial charge in [0.25, 0.3) is 5.56 Å². The van der Waals surface area contributed by atoms with Crippen molar-refractivity contribution >= 4 is 28.8 Å². The Hall–Kier alpha value is -3.88. The molecule has 3 aromatic rings. The van der Waals surface area contributed by atoms with E-state index in [1.807, 2.05) is 58.0 Å². The second-order valence-electron chi connectivity index (χ2n) is 10.6. The SMILES string of the molecule is CCCCn1c(=O)c(NC(=O)OC(C)C)c(-c2cccc(OCCCOC(=O)C(C)(C)C)c2)c2cccnc21. The standard InChI is InChI=1S/C30H39N3O6/c1-7-8-16-33-26-23(14-10-15-31-26)24(25(27(33)34)32-29(36)39-20(2)3)21-12-9-13-22(19-21)37-17-11-18-38-28(35)30(4,5)6/h9-10,12-15,19-20H,7-8,11,16-18H2,1-6H3,(H,32,36). The summed E-state index contributed by atoms with van der Waals surface area (Å²) in [5, 5.41) is 3.43. The van der Waals surface area contributed by atoms with Crippen LogP contribution in [0.3, 0.4) is 0 Å². The van der Waals surface area contributed by atoms with Crippen molar-refractivity contribution in [2.24, 2.45) is 5.41 Å². The largest absolute Gasteiger partial charge is 0.493 e. The van der Waals surface area contributed by atoms with E-state index in [1.54, 1.807) is 30.7 Å². The van der Waals surface area contributed by atoms with E-state index in [9.17, 15) is 14.4 Å². The first-order chi connectivity index (χ1) is 18.5. The quantitative estimate of drug-likeness (QED) is 0.230. The predicted molar refractivity (Wildman–Crippen MR) is 152 cm³/mol. The van der Waals surface area contributed by atoms with Gasteiger partial charge in [0.05, 0.1) is 24.7 Å². The van der Waals surface area contributed by atoms with E-state index in [0.29, 0.717) is 42.1 Å². The van der Waals surface area contributed by atoms with Crippen molar-refractivity contribution in [2.75, 3.05) is 18.5 Å². The maximum atomic E-state index is 13.7. The van der Waals surface area contributed by atoms with Gasteiger partial charge in [-0.25, -0.2) is 9.78 Å². The monoisotopic (exact) mass is 537 g/mol. The van der Waals surface area contributed by atoms with Crippen molar-refractivity contribution in [3.8, 4) is 16.9 Å². The molecule has 0 aliphatic rings. The second kappa shape index (κ2) is 13.3. The van der Waals surface area contributed by atoms with Crippen LogP contribution in [-0.4, -0.2) is 40.9 Å². The maximum absolute atomic E-state index is 13.7. The molecule has 9 heteroatoms. The van der Waals surface area contributed by atoms with Crippen LogP contribution < -0.4 is 15.6 Å². The number of rotatable bonds is 11. The summed E-state index contributed by atoms with van der Waals surface area (Å²) in [5.41, 5.74) is 0.997. The third-order valence-corrected chi connectivity index (χ3v) is 5.85. The molecule has 0 saturated carbocycles. The van der Waals surface area contributed by atoms with Gasteiger partial charge in [0, 0.05) is 30.1 Å². The molecule has 2 aromatic heterocycles. The van der Waals surface area contributed by atoms with E-state index >= 15 is 0 Å². The highest BCUT2D eigenvalue weighted by Crippen LogP contribution is 2.35. The van der Waals surface area contributed by atoms with Crippen LogP contribution in [0, 0.1) is 5.41 Å². The molecule has 0 saturated heterocycles. The van der Waals surface area contributed by atoms with Crippen LogP contribution >= 0.6 is 0 Å². The highest BCUT2D eigenvalue weighted by Gasteiger charge is 2.23. The summed E-state index contributed by atoms with van der Waals surface area (Å²) >= 11 is 0. The molecule has 3 rings (SSSR count). The van der Waals surface area contributed by atoms with Crippen LogP contribution in [0.25, 0.3) is 22.2 Å². The number of pyridine rings is 2. The van der Waals surface area contributed by atoms with Crippen molar-refractivity contribution in [3.05, 3.63) is 52.9 Å². The average molecular weight is 538 g/mol. The second-order valence-corrected chi connectivity index (χ2v) is 10.6. The Balaban J connectivity index is 1.97. The van der Waals surface area contributed by atoms with Gasteiger partial charge >= 0.3 is 12.1 Å². The number of ether oxygens (including phenoxy) is 3. The van der Waals surface area contributed by atoms with Crippen molar-refractivity contribution in [2.45, 2.75) is 73.5 Å². The van der Waals surface area contributed by atoms with Crippen LogP contribution in [0.4, 0.5) is 10.5 Å². The zero-order valence-electron chi connectivity index (χ0n) is 23.7. The molecule has 1 amide bonds. The molecule has 0 aliphatic carbocycles. The number of hydrogen-bond acceptors (Lipinski definition) is 7. The molecule has 0 fully saturated rings. The highest BCUT2D eigenvalue weighted by molar-refractivity contribution is 6.03. The molecule has 39 heavy (non-hydrogen) atoms. The smallest absolute Gasteiger partial charge is 0.412 e. The number of aromatic nitrogens is 2. The average Bonchev–Trinajstić information content (AvgIpc) is 2.87. The summed E-state index contributed by atoms with van der Waals surface area (Å²) < 4.78 is 18.1. The zero-order chi connectivity index (χ0) is 28.6. The molecule has 1 N–H and O–H groups in total. The molecule has 1 aromatic carbocycles. The maximum Gasteiger partial charge on any atom is 0.412 e. The summed E-state index contributed by atoms with van der Waals surface area (Å²) in [5.74, 6) is 0.326. The lowest BCUT2D eigenvalue weighted by atomic mass is 9.97. The molecule has 0 unspecified atom stereocenters. The minimum absolute atomic E-state index is 0.128. The molecular formula is C30H39N3O6. The third kappa shape index (κ3) is 7.81. The Bertz CT molecular complexity index is 1360. The van der Waals surface area contributed by atoms with Crippen LogP contribution in [0.2, 0.25) is 0 Å². The summed E-state index contributed by atoms with van der Waals surface area (Å²) in [7, 11) is 0.